The second-order valence-corrected chi connectivity index (χ2v) is 10.0. The van der Waals surface area contributed by atoms with Gasteiger partial charge in [-0.3, -0.25) is 9.10 Å². The molecule has 0 aliphatic carbocycles. The summed E-state index contributed by atoms with van der Waals surface area (Å²) in [5, 5.41) is 0. The van der Waals surface area contributed by atoms with E-state index < -0.39 is 16.1 Å². The van der Waals surface area contributed by atoms with E-state index in [1.165, 1.54) is 4.31 Å². The van der Waals surface area contributed by atoms with Crippen LogP contribution >= 0.6 is 0 Å². The molecule has 0 saturated carbocycles. The van der Waals surface area contributed by atoms with Crippen molar-refractivity contribution >= 4 is 21.7 Å². The van der Waals surface area contributed by atoms with Crippen LogP contribution < -0.4 is 13.8 Å². The molecule has 2 heterocycles. The van der Waals surface area contributed by atoms with Gasteiger partial charge in [-0.05, 0) is 43.5 Å². The van der Waals surface area contributed by atoms with Gasteiger partial charge in [0.25, 0.3) is 10.0 Å². The fourth-order valence-electron chi connectivity index (χ4n) is 4.42. The van der Waals surface area contributed by atoms with Gasteiger partial charge in [-0.2, -0.15) is 0 Å². The van der Waals surface area contributed by atoms with Gasteiger partial charge in [0.05, 0.1) is 29.7 Å². The van der Waals surface area contributed by atoms with Crippen molar-refractivity contribution in [3.05, 3.63) is 47.5 Å². The normalized spacial score (nSPS) is 19.6. The zero-order valence-corrected chi connectivity index (χ0v) is 18.9. The molecule has 2 aromatic rings. The van der Waals surface area contributed by atoms with Crippen molar-refractivity contribution in [3.63, 3.8) is 0 Å². The summed E-state index contributed by atoms with van der Waals surface area (Å²) in [6.07, 6.45) is 0.0866. The molecule has 0 aromatic heterocycles. The fraction of sp³-hybridized carbons (Fsp3) is 0.435. The van der Waals surface area contributed by atoms with Crippen molar-refractivity contribution < 1.29 is 27.4 Å². The molecule has 2 aliphatic rings. The summed E-state index contributed by atoms with van der Waals surface area (Å²) in [6.45, 7) is 7.96. The van der Waals surface area contributed by atoms with Gasteiger partial charge in [0.2, 0.25) is 6.79 Å². The SMILES string of the molecule is CCOC(=O)C[C@@H]1c2cc3c(cc2N(S(=O)(=O)c2ccc(C)cc2)[C@H]1C(C)C)OCO3. The first-order valence-electron chi connectivity index (χ1n) is 10.4. The van der Waals surface area contributed by atoms with Crippen LogP contribution in [0.4, 0.5) is 5.69 Å². The Morgan fingerprint density at radius 2 is 1.81 bits per heavy atom. The number of nitrogens with zero attached hydrogens (tertiary/aromatic N) is 1. The number of anilines is 1. The number of ether oxygens (including phenoxy) is 3. The predicted molar refractivity (Wildman–Crippen MR) is 116 cm³/mol. The van der Waals surface area contributed by atoms with E-state index in [0.717, 1.165) is 11.1 Å². The Labute approximate surface area is 183 Å². The third kappa shape index (κ3) is 3.73. The first-order chi connectivity index (χ1) is 14.7. The van der Waals surface area contributed by atoms with Crippen LogP contribution in [0.15, 0.2) is 41.3 Å². The highest BCUT2D eigenvalue weighted by atomic mass is 32.2. The van der Waals surface area contributed by atoms with Crippen LogP contribution in [0, 0.1) is 12.8 Å². The van der Waals surface area contributed by atoms with E-state index >= 15 is 0 Å². The average molecular weight is 446 g/mol. The van der Waals surface area contributed by atoms with E-state index in [4.69, 9.17) is 14.2 Å². The molecule has 166 valence electrons. The zero-order valence-electron chi connectivity index (χ0n) is 18.1. The van der Waals surface area contributed by atoms with Crippen LogP contribution in [0.2, 0.25) is 0 Å². The number of aryl methyl sites for hydroxylation is 1. The third-order valence-electron chi connectivity index (χ3n) is 5.79. The molecule has 0 bridgehead atoms. The van der Waals surface area contributed by atoms with Gasteiger partial charge in [0.15, 0.2) is 11.5 Å². The van der Waals surface area contributed by atoms with Crippen LogP contribution in [0.25, 0.3) is 0 Å². The van der Waals surface area contributed by atoms with E-state index in [2.05, 4.69) is 0 Å². The maximum absolute atomic E-state index is 13.8. The summed E-state index contributed by atoms with van der Waals surface area (Å²) in [6, 6.07) is 9.87. The lowest BCUT2D eigenvalue weighted by molar-refractivity contribution is -0.143. The Hall–Kier alpha value is -2.74. The van der Waals surface area contributed by atoms with E-state index in [9.17, 15) is 13.2 Å². The Morgan fingerprint density at radius 3 is 2.42 bits per heavy atom. The fourth-order valence-corrected chi connectivity index (χ4v) is 6.26. The minimum Gasteiger partial charge on any atom is -0.466 e. The number of hydrogen-bond donors (Lipinski definition) is 0. The molecule has 0 saturated heterocycles. The Bertz CT molecular complexity index is 1090. The standard InChI is InChI=1S/C23H27NO6S/c1-5-28-22(25)11-18-17-10-20-21(30-13-29-20)12-19(17)24(23(18)14(2)3)31(26,27)16-8-6-15(4)7-9-16/h6-10,12,14,18,23H,5,11,13H2,1-4H3/t18-,23+/m1/s1. The van der Waals surface area contributed by atoms with Gasteiger partial charge >= 0.3 is 5.97 Å². The monoisotopic (exact) mass is 445 g/mol. The Kier molecular flexibility index (Phi) is 5.60. The number of benzene rings is 2. The molecule has 2 aromatic carbocycles. The van der Waals surface area contributed by atoms with Crippen molar-refractivity contribution in [1.29, 1.82) is 0 Å². The van der Waals surface area contributed by atoms with E-state index in [1.807, 2.05) is 26.8 Å². The summed E-state index contributed by atoms with van der Waals surface area (Å²) in [4.78, 5) is 12.6. The molecule has 7 nitrogen and oxygen atoms in total. The molecule has 0 fully saturated rings. The van der Waals surface area contributed by atoms with Crippen molar-refractivity contribution in [1.82, 2.24) is 0 Å². The van der Waals surface area contributed by atoms with Crippen molar-refractivity contribution in [2.24, 2.45) is 5.92 Å². The van der Waals surface area contributed by atoms with E-state index in [0.29, 0.717) is 17.2 Å². The second kappa shape index (κ2) is 8.07. The number of carbonyl (C=O) groups is 1. The first-order valence-corrected chi connectivity index (χ1v) is 11.9. The van der Waals surface area contributed by atoms with Crippen LogP contribution in [0.3, 0.4) is 0 Å². The van der Waals surface area contributed by atoms with Crippen LogP contribution in [0.5, 0.6) is 11.5 Å². The Balaban J connectivity index is 1.87. The highest BCUT2D eigenvalue weighted by molar-refractivity contribution is 7.92. The maximum Gasteiger partial charge on any atom is 0.306 e. The number of sulfonamides is 1. The van der Waals surface area contributed by atoms with Crippen LogP contribution in [-0.2, 0) is 19.6 Å². The maximum atomic E-state index is 13.8. The molecule has 31 heavy (non-hydrogen) atoms. The molecule has 0 N–H and O–H groups in total. The number of esters is 1. The van der Waals surface area contributed by atoms with Crippen molar-refractivity contribution in [2.75, 3.05) is 17.7 Å². The van der Waals surface area contributed by atoms with Crippen LogP contribution in [0.1, 0.15) is 44.2 Å². The Morgan fingerprint density at radius 1 is 1.16 bits per heavy atom. The molecule has 0 radical (unpaired) electrons. The summed E-state index contributed by atoms with van der Waals surface area (Å²) in [5.74, 6) is 0.302. The predicted octanol–water partition coefficient (Wildman–Crippen LogP) is 3.99. The molecule has 0 spiro atoms. The average Bonchev–Trinajstić information content (AvgIpc) is 3.29. The largest absolute Gasteiger partial charge is 0.466 e. The molecule has 0 unspecified atom stereocenters. The lowest BCUT2D eigenvalue weighted by Gasteiger charge is -2.32. The minimum absolute atomic E-state index is 0.0521. The first kappa shape index (κ1) is 21.5. The summed E-state index contributed by atoms with van der Waals surface area (Å²) in [5.41, 5.74) is 2.26. The highest BCUT2D eigenvalue weighted by Gasteiger charge is 2.48. The second-order valence-electron chi connectivity index (χ2n) is 8.23. The lowest BCUT2D eigenvalue weighted by atomic mass is 9.86. The molecule has 8 heteroatoms. The summed E-state index contributed by atoms with van der Waals surface area (Å²) in [7, 11) is -3.88. The number of hydrogen-bond acceptors (Lipinski definition) is 6. The molecule has 0 amide bonds. The molecule has 2 atom stereocenters. The van der Waals surface area contributed by atoms with Gasteiger partial charge in [0.1, 0.15) is 0 Å². The number of carbonyl (C=O) groups excluding carboxylic acids is 1. The quantitative estimate of drug-likeness (QED) is 0.625. The summed E-state index contributed by atoms with van der Waals surface area (Å²) < 4.78 is 45.3. The highest BCUT2D eigenvalue weighted by Crippen LogP contribution is 2.52. The van der Waals surface area contributed by atoms with E-state index in [1.54, 1.807) is 37.3 Å². The molecule has 4 rings (SSSR count). The van der Waals surface area contributed by atoms with Gasteiger partial charge in [-0.15, -0.1) is 0 Å². The molecular formula is C23H27NO6S. The summed E-state index contributed by atoms with van der Waals surface area (Å²) >= 11 is 0. The van der Waals surface area contributed by atoms with Gasteiger partial charge in [-0.25, -0.2) is 8.42 Å². The number of rotatable bonds is 6. The van der Waals surface area contributed by atoms with Crippen molar-refractivity contribution in [2.45, 2.75) is 51.0 Å². The smallest absolute Gasteiger partial charge is 0.306 e. The minimum atomic E-state index is -3.88. The topological polar surface area (TPSA) is 82.1 Å². The van der Waals surface area contributed by atoms with Gasteiger partial charge in [0, 0.05) is 12.0 Å². The van der Waals surface area contributed by atoms with Gasteiger partial charge in [-0.1, -0.05) is 31.5 Å². The number of fused-ring (bicyclic) bond motifs is 2. The lowest BCUT2D eigenvalue weighted by Crippen LogP contribution is -2.43. The molecule has 2 aliphatic heterocycles. The van der Waals surface area contributed by atoms with Gasteiger partial charge < -0.3 is 14.2 Å². The van der Waals surface area contributed by atoms with Crippen LogP contribution in [-0.4, -0.2) is 33.8 Å². The van der Waals surface area contributed by atoms with Crippen molar-refractivity contribution in [3.8, 4) is 11.5 Å². The zero-order chi connectivity index (χ0) is 22.3. The molecular weight excluding hydrogens is 418 g/mol. The third-order valence-corrected chi connectivity index (χ3v) is 7.62. The van der Waals surface area contributed by atoms with E-state index in [-0.39, 0.29) is 42.5 Å².